The summed E-state index contributed by atoms with van der Waals surface area (Å²) < 4.78 is 0. The van der Waals surface area contributed by atoms with Crippen molar-refractivity contribution in [3.05, 3.63) is 82.9 Å². The van der Waals surface area contributed by atoms with Gasteiger partial charge in [-0.1, -0.05) is 76.2 Å². The summed E-state index contributed by atoms with van der Waals surface area (Å²) in [5, 5.41) is 0. The van der Waals surface area contributed by atoms with Crippen LogP contribution >= 0.6 is 0 Å². The number of nitrogens with zero attached hydrogens (tertiary/aromatic N) is 2. The summed E-state index contributed by atoms with van der Waals surface area (Å²) in [7, 11) is 0. The molecule has 1 aliphatic rings. The lowest BCUT2D eigenvalue weighted by atomic mass is 10.0. The van der Waals surface area contributed by atoms with Crippen molar-refractivity contribution >= 4 is 24.0 Å². The van der Waals surface area contributed by atoms with Crippen molar-refractivity contribution in [3.63, 3.8) is 0 Å². The summed E-state index contributed by atoms with van der Waals surface area (Å²) in [6.07, 6.45) is 7.03. The van der Waals surface area contributed by atoms with Gasteiger partial charge in [-0.05, 0) is 60.1 Å². The molecule has 1 saturated heterocycles. The number of hydrogen-bond acceptors (Lipinski definition) is 2. The highest BCUT2D eigenvalue weighted by molar-refractivity contribution is 5.94. The average Bonchev–Trinajstić information content (AvgIpc) is 2.82. The van der Waals surface area contributed by atoms with Crippen LogP contribution in [0.2, 0.25) is 0 Å². The third kappa shape index (κ3) is 6.47. The number of hydrogen-bond donors (Lipinski definition) is 0. The van der Waals surface area contributed by atoms with Crippen LogP contribution in [0.4, 0.5) is 0 Å². The quantitative estimate of drug-likeness (QED) is 0.490. The van der Waals surface area contributed by atoms with Crippen molar-refractivity contribution < 1.29 is 9.59 Å². The van der Waals surface area contributed by atoms with Gasteiger partial charge in [0.25, 0.3) is 0 Å². The van der Waals surface area contributed by atoms with Gasteiger partial charge in [-0.3, -0.25) is 9.59 Å². The Labute approximate surface area is 205 Å². The van der Waals surface area contributed by atoms with E-state index in [1.807, 2.05) is 60.1 Å². The molecule has 0 bridgehead atoms. The molecule has 34 heavy (non-hydrogen) atoms. The van der Waals surface area contributed by atoms with Gasteiger partial charge in [0, 0.05) is 37.3 Å². The Morgan fingerprint density at radius 2 is 1.00 bits per heavy atom. The van der Waals surface area contributed by atoms with Crippen molar-refractivity contribution in [1.82, 2.24) is 9.80 Å². The second-order valence-corrected chi connectivity index (χ2v) is 9.99. The summed E-state index contributed by atoms with van der Waals surface area (Å²) in [6, 6.07) is 16.5. The Morgan fingerprint density at radius 3 is 1.29 bits per heavy atom. The van der Waals surface area contributed by atoms with E-state index in [4.69, 9.17) is 0 Å². The van der Waals surface area contributed by atoms with Crippen molar-refractivity contribution in [2.45, 2.75) is 65.5 Å². The Morgan fingerprint density at radius 1 is 0.676 bits per heavy atom. The molecule has 2 unspecified atom stereocenters. The van der Waals surface area contributed by atoms with Gasteiger partial charge in [0.2, 0.25) is 11.8 Å². The fourth-order valence-corrected chi connectivity index (χ4v) is 4.25. The first kappa shape index (κ1) is 25.5. The molecule has 2 atom stereocenters. The zero-order valence-corrected chi connectivity index (χ0v) is 21.4. The maximum absolute atomic E-state index is 12.9. The fraction of sp³-hybridized carbons (Fsp3) is 0.400. The third-order valence-electron chi connectivity index (χ3n) is 6.60. The molecule has 2 aromatic carbocycles. The van der Waals surface area contributed by atoms with Crippen LogP contribution in [0.3, 0.4) is 0 Å². The van der Waals surface area contributed by atoms with Crippen LogP contribution in [-0.4, -0.2) is 46.8 Å². The van der Waals surface area contributed by atoms with Gasteiger partial charge in [-0.25, -0.2) is 0 Å². The molecule has 4 nitrogen and oxygen atoms in total. The van der Waals surface area contributed by atoms with Crippen LogP contribution < -0.4 is 0 Å². The zero-order valence-electron chi connectivity index (χ0n) is 21.4. The fourth-order valence-electron chi connectivity index (χ4n) is 4.25. The first-order chi connectivity index (χ1) is 16.2. The van der Waals surface area contributed by atoms with E-state index in [-0.39, 0.29) is 23.9 Å². The summed E-state index contributed by atoms with van der Waals surface area (Å²) in [4.78, 5) is 29.5. The topological polar surface area (TPSA) is 40.6 Å². The number of rotatable bonds is 6. The largest absolute Gasteiger partial charge is 0.333 e. The van der Waals surface area contributed by atoms with E-state index in [0.29, 0.717) is 24.9 Å². The highest BCUT2D eigenvalue weighted by atomic mass is 16.2. The summed E-state index contributed by atoms with van der Waals surface area (Å²) in [5.74, 6) is 0.947. The smallest absolute Gasteiger partial charge is 0.246 e. The monoisotopic (exact) mass is 458 g/mol. The predicted molar refractivity (Wildman–Crippen MR) is 141 cm³/mol. The second kappa shape index (κ2) is 11.3. The van der Waals surface area contributed by atoms with Gasteiger partial charge in [-0.15, -0.1) is 0 Å². The lowest BCUT2D eigenvalue weighted by molar-refractivity contribution is -0.139. The Balaban J connectivity index is 1.59. The maximum atomic E-state index is 12.9. The van der Waals surface area contributed by atoms with Crippen molar-refractivity contribution in [2.24, 2.45) is 0 Å². The van der Waals surface area contributed by atoms with E-state index < -0.39 is 0 Å². The van der Waals surface area contributed by atoms with Crippen LogP contribution in [0.25, 0.3) is 12.2 Å². The van der Waals surface area contributed by atoms with E-state index >= 15 is 0 Å². The molecule has 1 heterocycles. The number of carbonyl (C=O) groups is 2. The molecular weight excluding hydrogens is 420 g/mol. The first-order valence-corrected chi connectivity index (χ1v) is 12.3. The van der Waals surface area contributed by atoms with Gasteiger partial charge < -0.3 is 9.80 Å². The maximum Gasteiger partial charge on any atom is 0.246 e. The number of piperazine rings is 1. The highest BCUT2D eigenvalue weighted by Gasteiger charge is 2.32. The standard InChI is InChI=1S/C30H38N2O2/c1-21(2)27-13-7-25(8-14-27)11-17-29(33)31-19-24(6)32(20-23(31)5)30(34)18-12-26-9-15-28(16-10-26)22(3)4/h7-18,21-24H,19-20H2,1-6H3. The van der Waals surface area contributed by atoms with Gasteiger partial charge in [0.05, 0.1) is 0 Å². The van der Waals surface area contributed by atoms with Crippen molar-refractivity contribution in [1.29, 1.82) is 0 Å². The summed E-state index contributed by atoms with van der Waals surface area (Å²) >= 11 is 0. The zero-order chi connectivity index (χ0) is 24.8. The molecule has 0 N–H and O–H groups in total. The molecule has 1 aliphatic heterocycles. The molecule has 1 fully saturated rings. The number of benzene rings is 2. The molecule has 2 amide bonds. The molecule has 4 heteroatoms. The average molecular weight is 459 g/mol. The molecule has 2 aromatic rings. The van der Waals surface area contributed by atoms with E-state index in [9.17, 15) is 9.59 Å². The Kier molecular flexibility index (Phi) is 8.49. The minimum atomic E-state index is -0.0423. The minimum Gasteiger partial charge on any atom is -0.333 e. The number of carbonyl (C=O) groups excluding carboxylic acids is 2. The van der Waals surface area contributed by atoms with Gasteiger partial charge >= 0.3 is 0 Å². The lowest BCUT2D eigenvalue weighted by Gasteiger charge is -2.43. The molecule has 3 rings (SSSR count). The Bertz CT molecular complexity index is 947. The van der Waals surface area contributed by atoms with Crippen LogP contribution in [0.15, 0.2) is 60.7 Å². The second-order valence-electron chi connectivity index (χ2n) is 9.99. The predicted octanol–water partition coefficient (Wildman–Crippen LogP) is 6.11. The lowest BCUT2D eigenvalue weighted by Crippen LogP contribution is -2.59. The summed E-state index contributed by atoms with van der Waals surface area (Å²) in [5.41, 5.74) is 4.60. The first-order valence-electron chi connectivity index (χ1n) is 12.3. The van der Waals surface area contributed by atoms with Gasteiger partial charge in [-0.2, -0.15) is 0 Å². The van der Waals surface area contributed by atoms with Crippen LogP contribution in [-0.2, 0) is 9.59 Å². The molecule has 0 aliphatic carbocycles. The normalized spacial score (nSPS) is 19.1. The van der Waals surface area contributed by atoms with Crippen molar-refractivity contribution in [2.75, 3.05) is 13.1 Å². The molecule has 0 radical (unpaired) electrons. The van der Waals surface area contributed by atoms with E-state index in [1.165, 1.54) is 11.1 Å². The van der Waals surface area contributed by atoms with E-state index in [1.54, 1.807) is 12.2 Å². The van der Waals surface area contributed by atoms with Crippen molar-refractivity contribution in [3.8, 4) is 0 Å². The van der Waals surface area contributed by atoms with E-state index in [0.717, 1.165) is 11.1 Å². The van der Waals surface area contributed by atoms with Crippen LogP contribution in [0.5, 0.6) is 0 Å². The third-order valence-corrected chi connectivity index (χ3v) is 6.60. The van der Waals surface area contributed by atoms with Gasteiger partial charge in [0.15, 0.2) is 0 Å². The highest BCUT2D eigenvalue weighted by Crippen LogP contribution is 2.19. The SMILES string of the molecule is CC(C)c1ccc(C=CC(=O)N2CC(C)N(C(=O)C=Cc3ccc(C(C)C)cc3)CC2C)cc1. The molecule has 180 valence electrons. The van der Waals surface area contributed by atoms with Crippen LogP contribution in [0.1, 0.15) is 75.6 Å². The molecule has 0 aromatic heterocycles. The molecular formula is C30H38N2O2. The molecule has 0 spiro atoms. The molecule has 0 saturated carbocycles. The van der Waals surface area contributed by atoms with E-state index in [2.05, 4.69) is 52.0 Å². The Hall–Kier alpha value is -3.14. The number of amides is 2. The summed E-state index contributed by atoms with van der Waals surface area (Å²) in [6.45, 7) is 13.7. The minimum absolute atomic E-state index is 0.0137. The van der Waals surface area contributed by atoms with Gasteiger partial charge in [0.1, 0.15) is 0 Å². The van der Waals surface area contributed by atoms with Crippen LogP contribution in [0, 0.1) is 0 Å².